The number of rotatable bonds is 4. The molecule has 4 nitrogen and oxygen atoms in total. The van der Waals surface area contributed by atoms with Gasteiger partial charge in [0.25, 0.3) is 0 Å². The minimum Gasteiger partial charge on any atom is -0.392 e. The molecular formula is C17H25N3O. The number of fused-ring (bicyclic) bond motifs is 1. The molecule has 0 aliphatic carbocycles. The molecule has 2 aromatic rings. The van der Waals surface area contributed by atoms with E-state index in [1.165, 1.54) is 18.4 Å². The van der Waals surface area contributed by atoms with Crippen LogP contribution in [0.15, 0.2) is 24.5 Å². The van der Waals surface area contributed by atoms with Crippen LogP contribution in [0.4, 0.5) is 0 Å². The van der Waals surface area contributed by atoms with Gasteiger partial charge in [0.2, 0.25) is 0 Å². The summed E-state index contributed by atoms with van der Waals surface area (Å²) < 4.78 is 2.10. The summed E-state index contributed by atoms with van der Waals surface area (Å²) in [5, 5.41) is 10.2. The second-order valence-corrected chi connectivity index (χ2v) is 6.21. The number of hydrogen-bond donors (Lipinski definition) is 1. The fourth-order valence-electron chi connectivity index (χ4n) is 3.36. The van der Waals surface area contributed by atoms with Crippen molar-refractivity contribution in [2.45, 2.75) is 58.2 Å². The molecule has 1 aliphatic rings. The Morgan fingerprint density at radius 2 is 2.19 bits per heavy atom. The minimum absolute atomic E-state index is 0.218. The molecule has 1 saturated heterocycles. The largest absolute Gasteiger partial charge is 0.392 e. The van der Waals surface area contributed by atoms with Crippen molar-refractivity contribution in [2.75, 3.05) is 6.54 Å². The van der Waals surface area contributed by atoms with Gasteiger partial charge in [-0.2, -0.15) is 0 Å². The second-order valence-electron chi connectivity index (χ2n) is 6.21. The third-order valence-electron chi connectivity index (χ3n) is 4.54. The predicted octanol–water partition coefficient (Wildman–Crippen LogP) is 2.77. The normalized spacial score (nSPS) is 21.8. The lowest BCUT2D eigenvalue weighted by atomic mass is 9.96. The van der Waals surface area contributed by atoms with Crippen LogP contribution in [0.3, 0.4) is 0 Å². The van der Waals surface area contributed by atoms with Crippen molar-refractivity contribution in [2.24, 2.45) is 0 Å². The first-order valence-electron chi connectivity index (χ1n) is 8.03. The molecule has 0 amide bonds. The molecule has 1 aliphatic heterocycles. The highest BCUT2D eigenvalue weighted by molar-refractivity contribution is 5.41. The molecule has 114 valence electrons. The molecule has 21 heavy (non-hydrogen) atoms. The summed E-state index contributed by atoms with van der Waals surface area (Å²) in [6, 6.07) is 4.44. The van der Waals surface area contributed by atoms with E-state index in [9.17, 15) is 5.11 Å². The van der Waals surface area contributed by atoms with Gasteiger partial charge in [-0.05, 0) is 44.4 Å². The smallest absolute Gasteiger partial charge is 0.137 e. The molecular weight excluding hydrogens is 262 g/mol. The summed E-state index contributed by atoms with van der Waals surface area (Å²) >= 11 is 0. The zero-order valence-electron chi connectivity index (χ0n) is 13.0. The molecule has 0 bridgehead atoms. The zero-order chi connectivity index (χ0) is 14.8. The van der Waals surface area contributed by atoms with Gasteiger partial charge in [0.05, 0.1) is 11.8 Å². The Morgan fingerprint density at radius 3 is 3.00 bits per heavy atom. The topological polar surface area (TPSA) is 40.8 Å². The van der Waals surface area contributed by atoms with Gasteiger partial charge in [0, 0.05) is 25.0 Å². The van der Waals surface area contributed by atoms with E-state index in [1.807, 2.05) is 0 Å². The summed E-state index contributed by atoms with van der Waals surface area (Å²) in [6.45, 7) is 6.06. The number of imidazole rings is 1. The van der Waals surface area contributed by atoms with Crippen LogP contribution in [0.2, 0.25) is 0 Å². The number of aromatic nitrogens is 2. The number of pyridine rings is 1. The van der Waals surface area contributed by atoms with Crippen LogP contribution < -0.4 is 0 Å². The highest BCUT2D eigenvalue weighted by atomic mass is 16.3. The van der Waals surface area contributed by atoms with Gasteiger partial charge in [0.1, 0.15) is 5.65 Å². The van der Waals surface area contributed by atoms with Crippen molar-refractivity contribution in [3.8, 4) is 0 Å². The molecule has 0 aromatic carbocycles. The Balaban J connectivity index is 1.79. The van der Waals surface area contributed by atoms with Crippen molar-refractivity contribution in [1.29, 1.82) is 0 Å². The number of aliphatic hydroxyl groups excluding tert-OH is 1. The Morgan fingerprint density at radius 1 is 1.33 bits per heavy atom. The van der Waals surface area contributed by atoms with E-state index in [0.717, 1.165) is 37.3 Å². The number of likely N-dealkylation sites (tertiary alicyclic amines) is 1. The third kappa shape index (κ3) is 3.11. The van der Waals surface area contributed by atoms with E-state index in [4.69, 9.17) is 4.98 Å². The molecule has 0 radical (unpaired) electrons. The monoisotopic (exact) mass is 287 g/mol. The lowest BCUT2D eigenvalue weighted by Gasteiger charge is -2.37. The van der Waals surface area contributed by atoms with Crippen LogP contribution in [0.25, 0.3) is 5.65 Å². The van der Waals surface area contributed by atoms with E-state index in [1.54, 1.807) is 0 Å². The molecule has 3 heterocycles. The second kappa shape index (κ2) is 6.16. The number of nitrogens with zero attached hydrogens (tertiary/aromatic N) is 3. The molecule has 2 unspecified atom stereocenters. The minimum atomic E-state index is -0.218. The Labute approximate surface area is 126 Å². The first-order valence-corrected chi connectivity index (χ1v) is 8.03. The molecule has 1 fully saturated rings. The molecule has 3 rings (SSSR count). The lowest BCUT2D eigenvalue weighted by Crippen LogP contribution is -2.46. The predicted molar refractivity (Wildman–Crippen MR) is 84.3 cm³/mol. The van der Waals surface area contributed by atoms with E-state index in [0.29, 0.717) is 0 Å². The number of piperidine rings is 1. The van der Waals surface area contributed by atoms with Crippen LogP contribution in [0.5, 0.6) is 0 Å². The number of aryl methyl sites for hydroxylation is 1. The Kier molecular flexibility index (Phi) is 4.27. The molecule has 4 heteroatoms. The van der Waals surface area contributed by atoms with Gasteiger partial charge in [-0.15, -0.1) is 0 Å². The van der Waals surface area contributed by atoms with Gasteiger partial charge in [-0.25, -0.2) is 4.98 Å². The van der Waals surface area contributed by atoms with Crippen molar-refractivity contribution in [3.63, 3.8) is 0 Å². The van der Waals surface area contributed by atoms with Crippen molar-refractivity contribution in [1.82, 2.24) is 14.3 Å². The first kappa shape index (κ1) is 14.5. The maximum atomic E-state index is 10.2. The first-order chi connectivity index (χ1) is 10.2. The zero-order valence-corrected chi connectivity index (χ0v) is 13.0. The quantitative estimate of drug-likeness (QED) is 0.940. The van der Waals surface area contributed by atoms with Gasteiger partial charge < -0.3 is 9.51 Å². The Bertz CT molecular complexity index is 607. The van der Waals surface area contributed by atoms with Crippen LogP contribution in [0, 0.1) is 6.92 Å². The maximum absolute atomic E-state index is 10.2. The molecule has 2 atom stereocenters. The molecule has 0 spiro atoms. The van der Waals surface area contributed by atoms with Crippen molar-refractivity contribution in [3.05, 3.63) is 35.8 Å². The van der Waals surface area contributed by atoms with E-state index < -0.39 is 0 Å². The van der Waals surface area contributed by atoms with E-state index in [-0.39, 0.29) is 12.1 Å². The lowest BCUT2D eigenvalue weighted by molar-refractivity contribution is 0.0190. The highest BCUT2D eigenvalue weighted by Gasteiger charge is 2.28. The van der Waals surface area contributed by atoms with Gasteiger partial charge in [0.15, 0.2) is 0 Å². The van der Waals surface area contributed by atoms with Gasteiger partial charge in [-0.3, -0.25) is 4.90 Å². The maximum Gasteiger partial charge on any atom is 0.137 e. The fraction of sp³-hybridized carbons (Fsp3) is 0.588. The number of hydrogen-bond acceptors (Lipinski definition) is 3. The Hall–Kier alpha value is -1.39. The standard InChI is InChI=1S/C17H25N3O/c1-3-16(21)15-6-4-5-9-19(15)11-14-12-20-10-13(2)7-8-17(20)18-14/h7-8,10,12,15-16,21H,3-6,9,11H2,1-2H3. The van der Waals surface area contributed by atoms with E-state index in [2.05, 4.69) is 47.7 Å². The van der Waals surface area contributed by atoms with Crippen LogP contribution in [0.1, 0.15) is 43.9 Å². The summed E-state index contributed by atoms with van der Waals surface area (Å²) in [4.78, 5) is 7.12. The van der Waals surface area contributed by atoms with Crippen LogP contribution >= 0.6 is 0 Å². The van der Waals surface area contributed by atoms with Crippen LogP contribution in [-0.4, -0.2) is 38.1 Å². The van der Waals surface area contributed by atoms with Crippen LogP contribution in [-0.2, 0) is 6.54 Å². The van der Waals surface area contributed by atoms with E-state index >= 15 is 0 Å². The molecule has 2 aromatic heterocycles. The molecule has 0 saturated carbocycles. The average molecular weight is 287 g/mol. The van der Waals surface area contributed by atoms with Gasteiger partial charge >= 0.3 is 0 Å². The summed E-state index contributed by atoms with van der Waals surface area (Å²) in [5.41, 5.74) is 3.33. The summed E-state index contributed by atoms with van der Waals surface area (Å²) in [5.74, 6) is 0. The van der Waals surface area contributed by atoms with Crippen molar-refractivity contribution < 1.29 is 5.11 Å². The summed E-state index contributed by atoms with van der Waals surface area (Å²) in [7, 11) is 0. The summed E-state index contributed by atoms with van der Waals surface area (Å²) in [6.07, 6.45) is 8.38. The fourth-order valence-corrected chi connectivity index (χ4v) is 3.36. The molecule has 1 N–H and O–H groups in total. The number of aliphatic hydroxyl groups is 1. The average Bonchev–Trinajstić information content (AvgIpc) is 2.88. The third-order valence-corrected chi connectivity index (χ3v) is 4.54. The SMILES string of the molecule is CCC(O)C1CCCCN1Cc1cn2cc(C)ccc2n1. The highest BCUT2D eigenvalue weighted by Crippen LogP contribution is 2.23. The van der Waals surface area contributed by atoms with Crippen molar-refractivity contribution >= 4 is 5.65 Å². The van der Waals surface area contributed by atoms with Gasteiger partial charge in [-0.1, -0.05) is 19.4 Å².